The largest absolute Gasteiger partial charge is 0.465 e. The van der Waals surface area contributed by atoms with Gasteiger partial charge in [-0.25, -0.2) is 0 Å². The minimum Gasteiger partial charge on any atom is -0.465 e. The number of unbranched alkanes of at least 4 members (excludes halogenated alkanes) is 1. The van der Waals surface area contributed by atoms with Crippen molar-refractivity contribution in [1.82, 2.24) is 10.2 Å². The molecule has 6 heteroatoms. The highest BCUT2D eigenvalue weighted by Crippen LogP contribution is 2.39. The number of amides is 2. The van der Waals surface area contributed by atoms with Gasteiger partial charge in [-0.15, -0.1) is 0 Å². The number of imide groups is 1. The summed E-state index contributed by atoms with van der Waals surface area (Å²) in [7, 11) is 0. The smallest absolute Gasteiger partial charge is 0.323 e. The summed E-state index contributed by atoms with van der Waals surface area (Å²) in [5.41, 5.74) is -1.89. The molecule has 2 heterocycles. The number of hydrogen-bond acceptors (Lipinski definition) is 5. The van der Waals surface area contributed by atoms with Crippen molar-refractivity contribution in [2.45, 2.75) is 47.0 Å². The lowest BCUT2D eigenvalue weighted by atomic mass is 9.71. The molecule has 2 aliphatic heterocycles. The van der Waals surface area contributed by atoms with Gasteiger partial charge < -0.3 is 10.1 Å². The molecule has 2 bridgehead atoms. The van der Waals surface area contributed by atoms with Crippen molar-refractivity contribution in [3.8, 4) is 0 Å². The molecule has 2 unspecified atom stereocenters. The third-order valence-corrected chi connectivity index (χ3v) is 4.60. The number of piperidine rings is 2. The molecular formula is C17H28N2O4. The molecular weight excluding hydrogens is 296 g/mol. The standard InChI is InChI=1S/C17H28N2O4/c1-5-6-7-23-15(22)17-8-12(9-18-11-17)10-19(14(17)21)13(20)16(2,3)4/h12,18H,5-11H2,1-4H3. The quantitative estimate of drug-likeness (QED) is 0.480. The lowest BCUT2D eigenvalue weighted by molar-refractivity contribution is -0.177. The molecule has 130 valence electrons. The van der Waals surface area contributed by atoms with Crippen LogP contribution in [0.5, 0.6) is 0 Å². The first kappa shape index (κ1) is 17.9. The Hall–Kier alpha value is -1.43. The average molecular weight is 324 g/mol. The third kappa shape index (κ3) is 3.42. The number of ether oxygens (including phenoxy) is 1. The number of likely N-dealkylation sites (tertiary alicyclic amines) is 1. The van der Waals surface area contributed by atoms with Crippen LogP contribution < -0.4 is 5.32 Å². The molecule has 0 aromatic heterocycles. The van der Waals surface area contributed by atoms with Crippen molar-refractivity contribution in [3.63, 3.8) is 0 Å². The van der Waals surface area contributed by atoms with Gasteiger partial charge in [0.05, 0.1) is 6.61 Å². The van der Waals surface area contributed by atoms with Crippen LogP contribution in [0.4, 0.5) is 0 Å². The molecule has 0 saturated carbocycles. The monoisotopic (exact) mass is 324 g/mol. The van der Waals surface area contributed by atoms with Gasteiger partial charge >= 0.3 is 5.97 Å². The second-order valence-corrected chi connectivity index (χ2v) is 7.74. The van der Waals surface area contributed by atoms with Crippen molar-refractivity contribution in [3.05, 3.63) is 0 Å². The summed E-state index contributed by atoms with van der Waals surface area (Å²) in [5.74, 6) is -1.01. The zero-order chi connectivity index (χ0) is 17.3. The zero-order valence-electron chi connectivity index (χ0n) is 14.6. The Bertz CT molecular complexity index is 497. The van der Waals surface area contributed by atoms with Gasteiger partial charge in [-0.05, 0) is 25.3 Å². The summed E-state index contributed by atoms with van der Waals surface area (Å²) in [5, 5.41) is 3.17. The van der Waals surface area contributed by atoms with E-state index >= 15 is 0 Å². The summed E-state index contributed by atoms with van der Waals surface area (Å²) >= 11 is 0. The maximum Gasteiger partial charge on any atom is 0.323 e. The van der Waals surface area contributed by atoms with E-state index in [4.69, 9.17) is 4.74 Å². The number of rotatable bonds is 4. The number of fused-ring (bicyclic) bond motifs is 2. The van der Waals surface area contributed by atoms with Crippen molar-refractivity contribution < 1.29 is 19.1 Å². The minimum absolute atomic E-state index is 0.103. The average Bonchev–Trinajstić information content (AvgIpc) is 2.49. The molecule has 0 aromatic rings. The fourth-order valence-corrected chi connectivity index (χ4v) is 3.29. The maximum atomic E-state index is 13.0. The van der Waals surface area contributed by atoms with E-state index in [-0.39, 0.29) is 18.4 Å². The van der Waals surface area contributed by atoms with Gasteiger partial charge in [0.2, 0.25) is 11.8 Å². The Kier molecular flexibility index (Phi) is 5.14. The van der Waals surface area contributed by atoms with Crippen LogP contribution in [0.15, 0.2) is 0 Å². The molecule has 2 amide bonds. The zero-order valence-corrected chi connectivity index (χ0v) is 14.6. The van der Waals surface area contributed by atoms with Crippen molar-refractivity contribution in [2.24, 2.45) is 16.7 Å². The lowest BCUT2D eigenvalue weighted by Gasteiger charge is -2.47. The molecule has 2 atom stereocenters. The van der Waals surface area contributed by atoms with Crippen LogP contribution in [0.3, 0.4) is 0 Å². The fourth-order valence-electron chi connectivity index (χ4n) is 3.29. The predicted octanol–water partition coefficient (Wildman–Crippen LogP) is 1.34. The van der Waals surface area contributed by atoms with E-state index in [1.54, 1.807) is 20.8 Å². The Morgan fingerprint density at radius 3 is 2.70 bits per heavy atom. The van der Waals surface area contributed by atoms with Gasteiger partial charge in [0, 0.05) is 18.5 Å². The molecule has 2 fully saturated rings. The Balaban J connectivity index is 2.24. The van der Waals surface area contributed by atoms with Crippen LogP contribution in [0, 0.1) is 16.7 Å². The summed E-state index contributed by atoms with van der Waals surface area (Å²) in [6.07, 6.45) is 2.17. The van der Waals surface area contributed by atoms with Crippen LogP contribution in [-0.2, 0) is 19.1 Å². The highest BCUT2D eigenvalue weighted by atomic mass is 16.5. The number of nitrogens with one attached hydrogen (secondary N) is 1. The van der Waals surface area contributed by atoms with E-state index < -0.39 is 22.7 Å². The summed E-state index contributed by atoms with van der Waals surface area (Å²) in [4.78, 5) is 39.5. The Morgan fingerprint density at radius 2 is 2.09 bits per heavy atom. The molecule has 0 radical (unpaired) electrons. The van der Waals surface area contributed by atoms with Crippen LogP contribution in [-0.4, -0.2) is 48.9 Å². The molecule has 1 N–H and O–H groups in total. The maximum absolute atomic E-state index is 13.0. The van der Waals surface area contributed by atoms with Crippen molar-refractivity contribution >= 4 is 17.8 Å². The first-order valence-electron chi connectivity index (χ1n) is 8.46. The minimum atomic E-state index is -1.24. The van der Waals surface area contributed by atoms with Crippen LogP contribution in [0.1, 0.15) is 47.0 Å². The van der Waals surface area contributed by atoms with Gasteiger partial charge in [-0.2, -0.15) is 0 Å². The number of carbonyl (C=O) groups is 3. The topological polar surface area (TPSA) is 75.7 Å². The molecule has 23 heavy (non-hydrogen) atoms. The van der Waals surface area contributed by atoms with Gasteiger partial charge in [0.1, 0.15) is 0 Å². The molecule has 2 rings (SSSR count). The van der Waals surface area contributed by atoms with Gasteiger partial charge in [-0.3, -0.25) is 19.3 Å². The Labute approximate surface area is 137 Å². The second kappa shape index (κ2) is 6.59. The summed E-state index contributed by atoms with van der Waals surface area (Å²) in [6, 6.07) is 0. The number of nitrogens with zero attached hydrogens (tertiary/aromatic N) is 1. The second-order valence-electron chi connectivity index (χ2n) is 7.74. The molecule has 6 nitrogen and oxygen atoms in total. The first-order chi connectivity index (χ1) is 10.7. The molecule has 2 aliphatic rings. The van der Waals surface area contributed by atoms with Crippen molar-refractivity contribution in [1.29, 1.82) is 0 Å². The summed E-state index contributed by atoms with van der Waals surface area (Å²) in [6.45, 7) is 9.05. The first-order valence-corrected chi connectivity index (χ1v) is 8.46. The van der Waals surface area contributed by atoms with Gasteiger partial charge in [0.25, 0.3) is 0 Å². The van der Waals surface area contributed by atoms with E-state index in [1.807, 2.05) is 6.92 Å². The number of carbonyl (C=O) groups excluding carboxylic acids is 3. The fraction of sp³-hybridized carbons (Fsp3) is 0.824. The van der Waals surface area contributed by atoms with Crippen LogP contribution in [0.25, 0.3) is 0 Å². The van der Waals surface area contributed by atoms with Crippen molar-refractivity contribution in [2.75, 3.05) is 26.2 Å². The third-order valence-electron chi connectivity index (χ3n) is 4.60. The molecule has 0 aromatic carbocycles. The van der Waals surface area contributed by atoms with Crippen LogP contribution in [0.2, 0.25) is 0 Å². The summed E-state index contributed by atoms with van der Waals surface area (Å²) < 4.78 is 5.34. The predicted molar refractivity (Wildman–Crippen MR) is 85.5 cm³/mol. The van der Waals surface area contributed by atoms with Gasteiger partial charge in [0.15, 0.2) is 5.41 Å². The number of hydrogen-bond donors (Lipinski definition) is 1. The lowest BCUT2D eigenvalue weighted by Crippen LogP contribution is -2.66. The SMILES string of the molecule is CCCCOC(=O)C12CNCC(CN(C(=O)C(C)(C)C)C1=O)C2. The van der Waals surface area contributed by atoms with E-state index in [0.29, 0.717) is 26.1 Å². The molecule has 0 spiro atoms. The molecule has 0 aliphatic carbocycles. The number of esters is 1. The Morgan fingerprint density at radius 1 is 1.39 bits per heavy atom. The van der Waals surface area contributed by atoms with Gasteiger partial charge in [-0.1, -0.05) is 34.1 Å². The van der Waals surface area contributed by atoms with E-state index in [1.165, 1.54) is 4.90 Å². The molecule has 2 saturated heterocycles. The normalized spacial score (nSPS) is 27.7. The highest BCUT2D eigenvalue weighted by molar-refractivity contribution is 6.10. The van der Waals surface area contributed by atoms with E-state index in [9.17, 15) is 14.4 Å². The van der Waals surface area contributed by atoms with Crippen LogP contribution >= 0.6 is 0 Å². The van der Waals surface area contributed by atoms with E-state index in [2.05, 4.69) is 5.32 Å². The van der Waals surface area contributed by atoms with E-state index in [0.717, 1.165) is 12.8 Å². The highest BCUT2D eigenvalue weighted by Gasteiger charge is 2.57.